The number of ketones is 1. The summed E-state index contributed by atoms with van der Waals surface area (Å²) in [6.07, 6.45) is -9.10. The van der Waals surface area contributed by atoms with E-state index in [-0.39, 0.29) is 24.4 Å². The Bertz CT molecular complexity index is 2330. The molecule has 2 aliphatic rings. The summed E-state index contributed by atoms with van der Waals surface area (Å²) in [5, 5.41) is 113. The molecule has 5 rings (SSSR count). The molecule has 68 heavy (non-hydrogen) atoms. The number of phenols is 6. The molecule has 2 fully saturated rings. The highest BCUT2D eigenvalue weighted by atomic mass is 16.6. The van der Waals surface area contributed by atoms with E-state index in [1.807, 2.05) is 0 Å². The molecule has 0 bridgehead atoms. The Hall–Kier alpha value is -7.29. The Morgan fingerprint density at radius 3 is 1.50 bits per heavy atom. The number of esters is 3. The van der Waals surface area contributed by atoms with E-state index >= 15 is 0 Å². The summed E-state index contributed by atoms with van der Waals surface area (Å²) in [6.45, 7) is -0.296. The van der Waals surface area contributed by atoms with Crippen LogP contribution in [0.1, 0.15) is 69.4 Å². The summed E-state index contributed by atoms with van der Waals surface area (Å²) in [7, 11) is 0. The summed E-state index contributed by atoms with van der Waals surface area (Å²) < 4.78 is 21.4. The first-order valence-corrected chi connectivity index (χ1v) is 20.7. The first-order chi connectivity index (χ1) is 32.1. The number of para-hydroxylation sites is 2. The number of hydrogen-bond acceptors (Lipinski definition) is 22. The van der Waals surface area contributed by atoms with Gasteiger partial charge in [0, 0.05) is 12.5 Å². The summed E-state index contributed by atoms with van der Waals surface area (Å²) in [4.78, 5) is 93.5. The third-order valence-electron chi connectivity index (χ3n) is 10.6. The van der Waals surface area contributed by atoms with Crippen LogP contribution in [-0.2, 0) is 38.1 Å². The monoisotopic (exact) mass is 958 g/mol. The van der Waals surface area contributed by atoms with Gasteiger partial charge in [0.15, 0.2) is 58.4 Å². The number of aromatic hydroxyl groups is 6. The fraction of sp³-hybridized carbons (Fsp3) is 0.419. The lowest BCUT2D eigenvalue weighted by Gasteiger charge is -2.41. The standard InChI is InChI=1S/C43H50N4O21/c1-17(2)44-22(13-48)26(49)9-10-30-34(56)35(57)36(58)37(68-30)18-11-21(33(55)29(52)12-18)40(61)47-25-16-67-42(63)23(45-38(59)19-5-3-7-27(50)31(19)53)14-65-41(62)24(15-66-43(25)64)46-39(60)20-6-4-8-28(51)32(20)54/h3-8,11-12,17,22-25,30,34-37,44,48,50-58H,9-10,13-16H2,1-2H3,(H,45,59)(H,46,60)(H,47,61)/t22?,23-,24-,25-,30?,34?,35?,36?,37?/m0/s1. The number of carbonyl (C=O) groups excluding carboxylic acids is 7. The van der Waals surface area contributed by atoms with E-state index in [1.165, 1.54) is 12.1 Å². The fourth-order valence-corrected chi connectivity index (χ4v) is 6.99. The maximum absolute atomic E-state index is 13.9. The van der Waals surface area contributed by atoms with Gasteiger partial charge in [-0.05, 0) is 48.4 Å². The quantitative estimate of drug-likeness (QED) is 0.0451. The van der Waals surface area contributed by atoms with Crippen molar-refractivity contribution in [2.75, 3.05) is 26.4 Å². The highest BCUT2D eigenvalue weighted by molar-refractivity contribution is 6.02. The van der Waals surface area contributed by atoms with Crippen LogP contribution in [0, 0.1) is 0 Å². The number of nitrogens with one attached hydrogen (secondary N) is 4. The molecular weight excluding hydrogens is 908 g/mol. The van der Waals surface area contributed by atoms with Crippen LogP contribution in [0.4, 0.5) is 0 Å². The summed E-state index contributed by atoms with van der Waals surface area (Å²) >= 11 is 0. The average Bonchev–Trinajstić information content (AvgIpc) is 3.30. The van der Waals surface area contributed by atoms with Crippen molar-refractivity contribution >= 4 is 41.4 Å². The molecule has 3 aromatic carbocycles. The van der Waals surface area contributed by atoms with Crippen LogP contribution in [0.25, 0.3) is 0 Å². The van der Waals surface area contributed by atoms with Crippen LogP contribution >= 0.6 is 0 Å². The minimum Gasteiger partial charge on any atom is -0.504 e. The molecule has 25 nitrogen and oxygen atoms in total. The van der Waals surface area contributed by atoms with Crippen molar-refractivity contribution in [3.05, 3.63) is 70.8 Å². The van der Waals surface area contributed by atoms with Gasteiger partial charge in [-0.15, -0.1) is 0 Å². The Balaban J connectivity index is 1.42. The molecule has 6 unspecified atom stereocenters. The number of hydrogen-bond donors (Lipinski definition) is 14. The molecule has 3 amide bonds. The van der Waals surface area contributed by atoms with Gasteiger partial charge in [0.25, 0.3) is 17.7 Å². The minimum atomic E-state index is -2.08. The normalized spacial score (nSPS) is 24.0. The molecule has 2 heterocycles. The number of Topliss-reactive ketones (excluding diaryl/α,β-unsaturated/α-hetero) is 1. The Morgan fingerprint density at radius 1 is 0.618 bits per heavy atom. The zero-order valence-electron chi connectivity index (χ0n) is 36.1. The number of rotatable bonds is 14. The van der Waals surface area contributed by atoms with Crippen molar-refractivity contribution in [3.8, 4) is 34.5 Å². The van der Waals surface area contributed by atoms with Gasteiger partial charge < -0.3 is 91.3 Å². The molecule has 3 aromatic rings. The second kappa shape index (κ2) is 22.5. The van der Waals surface area contributed by atoms with Gasteiger partial charge in [-0.1, -0.05) is 26.0 Å². The number of ether oxygens (including phenoxy) is 4. The molecule has 2 aliphatic heterocycles. The lowest BCUT2D eigenvalue weighted by atomic mass is 9.88. The zero-order valence-corrected chi connectivity index (χ0v) is 36.1. The van der Waals surface area contributed by atoms with Gasteiger partial charge in [0.1, 0.15) is 44.2 Å². The second-order valence-electron chi connectivity index (χ2n) is 15.9. The molecule has 368 valence electrons. The number of phenolic OH excluding ortho intramolecular Hbond substituents is 6. The molecule has 0 spiro atoms. The summed E-state index contributed by atoms with van der Waals surface area (Å²) in [5.74, 6) is -14.0. The van der Waals surface area contributed by atoms with Crippen molar-refractivity contribution in [2.24, 2.45) is 0 Å². The van der Waals surface area contributed by atoms with Crippen molar-refractivity contribution in [1.29, 1.82) is 0 Å². The largest absolute Gasteiger partial charge is 0.504 e. The number of cyclic esters (lactones) is 3. The van der Waals surface area contributed by atoms with Gasteiger partial charge in [0.05, 0.1) is 35.4 Å². The average molecular weight is 959 g/mol. The van der Waals surface area contributed by atoms with Gasteiger partial charge in [-0.3, -0.25) is 19.2 Å². The van der Waals surface area contributed by atoms with E-state index in [2.05, 4.69) is 21.3 Å². The zero-order chi connectivity index (χ0) is 50.1. The molecule has 2 saturated heterocycles. The number of aliphatic hydroxyl groups is 4. The van der Waals surface area contributed by atoms with E-state index in [4.69, 9.17) is 18.9 Å². The first-order valence-electron chi connectivity index (χ1n) is 20.7. The van der Waals surface area contributed by atoms with E-state index < -0.39 is 174 Å². The third kappa shape index (κ3) is 12.2. The SMILES string of the molecule is CC(C)NC(CO)C(=O)CCC1OC(c2cc(O)c(O)c(C(=O)N[C@H]3COC(=O)[C@@H](NC(=O)c4cccc(O)c4O)COC(=O)[C@@H](NC(=O)c4cccc(O)c4O)COC3=O)c2)C(O)C(O)C1O. The fourth-order valence-electron chi connectivity index (χ4n) is 6.99. The number of amides is 3. The minimum absolute atomic E-state index is 0.179. The maximum Gasteiger partial charge on any atom is 0.332 e. The molecular formula is C43H50N4O21. The van der Waals surface area contributed by atoms with Crippen LogP contribution in [0.5, 0.6) is 34.5 Å². The van der Waals surface area contributed by atoms with Crippen LogP contribution in [0.3, 0.4) is 0 Å². The van der Waals surface area contributed by atoms with Crippen LogP contribution in [-0.4, -0.2) is 174 Å². The van der Waals surface area contributed by atoms with Crippen molar-refractivity contribution in [2.45, 2.75) is 87.4 Å². The maximum atomic E-state index is 13.9. The second-order valence-corrected chi connectivity index (χ2v) is 15.9. The Labute approximate surface area is 384 Å². The lowest BCUT2D eigenvalue weighted by Crippen LogP contribution is -2.54. The van der Waals surface area contributed by atoms with E-state index in [9.17, 15) is 84.6 Å². The molecule has 0 aliphatic carbocycles. The van der Waals surface area contributed by atoms with Gasteiger partial charge in [0.2, 0.25) is 0 Å². The van der Waals surface area contributed by atoms with E-state index in [0.29, 0.717) is 0 Å². The van der Waals surface area contributed by atoms with Crippen molar-refractivity contribution in [1.82, 2.24) is 21.3 Å². The van der Waals surface area contributed by atoms with E-state index in [1.54, 1.807) is 13.8 Å². The number of benzene rings is 3. The van der Waals surface area contributed by atoms with Crippen LogP contribution < -0.4 is 21.3 Å². The molecule has 25 heteroatoms. The molecule has 14 N–H and O–H groups in total. The smallest absolute Gasteiger partial charge is 0.332 e. The highest BCUT2D eigenvalue weighted by Crippen LogP contribution is 2.39. The van der Waals surface area contributed by atoms with Gasteiger partial charge in [-0.2, -0.15) is 0 Å². The molecule has 0 saturated carbocycles. The first kappa shape index (κ1) is 51.7. The van der Waals surface area contributed by atoms with Crippen LogP contribution in [0.2, 0.25) is 0 Å². The number of aliphatic hydroxyl groups excluding tert-OH is 4. The van der Waals surface area contributed by atoms with Crippen molar-refractivity contribution < 1.29 is 104 Å². The molecule has 0 aromatic heterocycles. The predicted octanol–water partition coefficient (Wildman–Crippen LogP) is -2.51. The van der Waals surface area contributed by atoms with Crippen molar-refractivity contribution in [3.63, 3.8) is 0 Å². The summed E-state index contributed by atoms with van der Waals surface area (Å²) in [6, 6.07) is 1.12. The Kier molecular flexibility index (Phi) is 17.1. The molecule has 0 radical (unpaired) electrons. The lowest BCUT2D eigenvalue weighted by molar-refractivity contribution is -0.226. The van der Waals surface area contributed by atoms with Gasteiger partial charge in [-0.25, -0.2) is 14.4 Å². The van der Waals surface area contributed by atoms with Crippen LogP contribution in [0.15, 0.2) is 48.5 Å². The molecule has 9 atom stereocenters. The van der Waals surface area contributed by atoms with Gasteiger partial charge >= 0.3 is 17.9 Å². The predicted molar refractivity (Wildman–Crippen MR) is 225 cm³/mol. The van der Waals surface area contributed by atoms with E-state index in [0.717, 1.165) is 36.4 Å². The highest BCUT2D eigenvalue weighted by Gasteiger charge is 2.45. The summed E-state index contributed by atoms with van der Waals surface area (Å²) in [5.41, 5.74) is -2.22. The Morgan fingerprint density at radius 2 is 1.06 bits per heavy atom. The third-order valence-corrected chi connectivity index (χ3v) is 10.6. The number of carbonyl (C=O) groups is 7. The topological polar surface area (TPSA) is 407 Å².